The van der Waals surface area contributed by atoms with E-state index in [1.807, 2.05) is 18.2 Å². The van der Waals surface area contributed by atoms with Gasteiger partial charge in [0.2, 0.25) is 0 Å². The highest BCUT2D eigenvalue weighted by Gasteiger charge is 2.40. The first-order valence-electron chi connectivity index (χ1n) is 7.58. The molecule has 2 heterocycles. The van der Waals surface area contributed by atoms with Gasteiger partial charge in [-0.1, -0.05) is 25.1 Å². The van der Waals surface area contributed by atoms with Crippen molar-refractivity contribution in [2.24, 2.45) is 5.41 Å². The van der Waals surface area contributed by atoms with Gasteiger partial charge in [0, 0.05) is 11.9 Å². The smallest absolute Gasteiger partial charge is 0.134 e. The SMILES string of the molecule is CCN(CC1(CO)COC1)C(C)c1cc2ccccc2o1. The molecule has 0 radical (unpaired) electrons. The summed E-state index contributed by atoms with van der Waals surface area (Å²) in [6.45, 7) is 7.52. The van der Waals surface area contributed by atoms with Crippen LogP contribution in [0.15, 0.2) is 34.7 Å². The third kappa shape index (κ3) is 2.71. The molecular formula is C17H23NO3. The highest BCUT2D eigenvalue weighted by Crippen LogP contribution is 2.33. The fourth-order valence-electron chi connectivity index (χ4n) is 2.96. The average molecular weight is 289 g/mol. The Kier molecular flexibility index (Phi) is 4.02. The van der Waals surface area contributed by atoms with Crippen LogP contribution < -0.4 is 0 Å². The highest BCUT2D eigenvalue weighted by molar-refractivity contribution is 5.77. The summed E-state index contributed by atoms with van der Waals surface area (Å²) in [4.78, 5) is 2.34. The third-order valence-corrected chi connectivity index (χ3v) is 4.50. The van der Waals surface area contributed by atoms with Crippen molar-refractivity contribution in [3.8, 4) is 0 Å². The van der Waals surface area contributed by atoms with E-state index >= 15 is 0 Å². The van der Waals surface area contributed by atoms with Crippen LogP contribution in [0.4, 0.5) is 0 Å². The monoisotopic (exact) mass is 289 g/mol. The maximum Gasteiger partial charge on any atom is 0.134 e. The first-order valence-corrected chi connectivity index (χ1v) is 7.58. The van der Waals surface area contributed by atoms with Crippen LogP contribution in [0.5, 0.6) is 0 Å². The van der Waals surface area contributed by atoms with Gasteiger partial charge in [-0.25, -0.2) is 0 Å². The molecule has 0 spiro atoms. The number of furan rings is 1. The van der Waals surface area contributed by atoms with E-state index in [1.165, 1.54) is 0 Å². The summed E-state index contributed by atoms with van der Waals surface area (Å²) in [7, 11) is 0. The molecule has 21 heavy (non-hydrogen) atoms. The second-order valence-corrected chi connectivity index (χ2v) is 6.08. The van der Waals surface area contributed by atoms with Crippen molar-refractivity contribution in [2.75, 3.05) is 32.9 Å². The second kappa shape index (κ2) is 5.79. The van der Waals surface area contributed by atoms with Gasteiger partial charge in [-0.15, -0.1) is 0 Å². The number of para-hydroxylation sites is 1. The van der Waals surface area contributed by atoms with E-state index in [2.05, 4.69) is 30.9 Å². The maximum atomic E-state index is 9.62. The molecule has 1 aliphatic rings. The molecule has 1 aromatic carbocycles. The molecule has 1 unspecified atom stereocenters. The van der Waals surface area contributed by atoms with E-state index in [0.717, 1.165) is 29.8 Å². The van der Waals surface area contributed by atoms with Gasteiger partial charge in [0.05, 0.1) is 31.3 Å². The summed E-state index contributed by atoms with van der Waals surface area (Å²) in [5, 5.41) is 10.8. The zero-order valence-electron chi connectivity index (χ0n) is 12.7. The summed E-state index contributed by atoms with van der Waals surface area (Å²) < 4.78 is 11.3. The Balaban J connectivity index is 1.79. The molecule has 3 rings (SSSR count). The molecule has 2 aromatic rings. The third-order valence-electron chi connectivity index (χ3n) is 4.50. The number of fused-ring (bicyclic) bond motifs is 1. The van der Waals surface area contributed by atoms with Crippen molar-refractivity contribution < 1.29 is 14.3 Å². The summed E-state index contributed by atoms with van der Waals surface area (Å²) in [5.74, 6) is 0.978. The number of hydrogen-bond donors (Lipinski definition) is 1. The Morgan fingerprint density at radius 3 is 2.67 bits per heavy atom. The fourth-order valence-corrected chi connectivity index (χ4v) is 2.96. The summed E-state index contributed by atoms with van der Waals surface area (Å²) in [5.41, 5.74) is 0.829. The Morgan fingerprint density at radius 2 is 2.10 bits per heavy atom. The van der Waals surface area contributed by atoms with E-state index in [-0.39, 0.29) is 18.1 Å². The lowest BCUT2D eigenvalue weighted by molar-refractivity contribution is -0.151. The molecule has 1 atom stereocenters. The van der Waals surface area contributed by atoms with Crippen LogP contribution in [0.1, 0.15) is 25.6 Å². The highest BCUT2D eigenvalue weighted by atomic mass is 16.5. The zero-order valence-corrected chi connectivity index (χ0v) is 12.7. The van der Waals surface area contributed by atoms with E-state index in [1.54, 1.807) is 0 Å². The molecule has 0 amide bonds. The van der Waals surface area contributed by atoms with Crippen LogP contribution in [0.3, 0.4) is 0 Å². The molecule has 4 heteroatoms. The molecule has 1 N–H and O–H groups in total. The summed E-state index contributed by atoms with van der Waals surface area (Å²) in [6.07, 6.45) is 0. The largest absolute Gasteiger partial charge is 0.459 e. The van der Waals surface area contributed by atoms with Gasteiger partial charge in [-0.2, -0.15) is 0 Å². The van der Waals surface area contributed by atoms with Gasteiger partial charge in [0.25, 0.3) is 0 Å². The Labute approximate surface area is 125 Å². The minimum Gasteiger partial charge on any atom is -0.459 e. The molecule has 1 aromatic heterocycles. The van der Waals surface area contributed by atoms with Crippen LogP contribution >= 0.6 is 0 Å². The van der Waals surface area contributed by atoms with Crippen LogP contribution in [0.25, 0.3) is 11.0 Å². The topological polar surface area (TPSA) is 45.8 Å². The van der Waals surface area contributed by atoms with Gasteiger partial charge < -0.3 is 14.3 Å². The number of benzene rings is 1. The predicted molar refractivity (Wildman–Crippen MR) is 82.2 cm³/mol. The molecule has 114 valence electrons. The lowest BCUT2D eigenvalue weighted by Crippen LogP contribution is -2.53. The van der Waals surface area contributed by atoms with Crippen molar-refractivity contribution >= 4 is 11.0 Å². The molecule has 0 saturated carbocycles. The maximum absolute atomic E-state index is 9.62. The van der Waals surface area contributed by atoms with E-state index in [9.17, 15) is 5.11 Å². The minimum atomic E-state index is -0.101. The lowest BCUT2D eigenvalue weighted by Gasteiger charge is -2.44. The molecule has 1 saturated heterocycles. The van der Waals surface area contributed by atoms with E-state index < -0.39 is 0 Å². The standard InChI is InChI=1S/C17H23NO3/c1-3-18(9-17(10-19)11-20-12-17)13(2)16-8-14-6-4-5-7-15(14)21-16/h4-8,13,19H,3,9-12H2,1-2H3. The van der Waals surface area contributed by atoms with Gasteiger partial charge in [0.15, 0.2) is 0 Å². The van der Waals surface area contributed by atoms with Crippen molar-refractivity contribution in [3.05, 3.63) is 36.1 Å². The number of rotatable bonds is 6. The predicted octanol–water partition coefficient (Wildman–Crippen LogP) is 2.82. The van der Waals surface area contributed by atoms with E-state index in [0.29, 0.717) is 13.2 Å². The second-order valence-electron chi connectivity index (χ2n) is 6.08. The van der Waals surface area contributed by atoms with Gasteiger partial charge in [-0.3, -0.25) is 4.90 Å². The Hall–Kier alpha value is -1.36. The number of ether oxygens (including phenoxy) is 1. The molecular weight excluding hydrogens is 266 g/mol. The Morgan fingerprint density at radius 1 is 1.33 bits per heavy atom. The molecule has 1 aliphatic heterocycles. The quantitative estimate of drug-likeness (QED) is 0.888. The molecule has 0 aliphatic carbocycles. The molecule has 1 fully saturated rings. The van der Waals surface area contributed by atoms with Gasteiger partial charge >= 0.3 is 0 Å². The summed E-state index contributed by atoms with van der Waals surface area (Å²) >= 11 is 0. The van der Waals surface area contributed by atoms with Crippen LogP contribution in [0, 0.1) is 5.41 Å². The first kappa shape index (κ1) is 14.6. The van der Waals surface area contributed by atoms with Crippen molar-refractivity contribution in [1.29, 1.82) is 0 Å². The number of aliphatic hydroxyl groups excluding tert-OH is 1. The van der Waals surface area contributed by atoms with Crippen LogP contribution in [-0.4, -0.2) is 42.9 Å². The minimum absolute atomic E-state index is 0.101. The molecule has 4 nitrogen and oxygen atoms in total. The first-order chi connectivity index (χ1) is 10.2. The van der Waals surface area contributed by atoms with Crippen LogP contribution in [0.2, 0.25) is 0 Å². The number of aliphatic hydroxyl groups is 1. The zero-order chi connectivity index (χ0) is 14.9. The summed E-state index contributed by atoms with van der Waals surface area (Å²) in [6, 6.07) is 10.4. The Bertz CT molecular complexity index is 564. The fraction of sp³-hybridized carbons (Fsp3) is 0.529. The van der Waals surface area contributed by atoms with Crippen molar-refractivity contribution in [2.45, 2.75) is 19.9 Å². The molecule has 0 bridgehead atoms. The number of hydrogen-bond acceptors (Lipinski definition) is 4. The van der Waals surface area contributed by atoms with Gasteiger partial charge in [0.1, 0.15) is 11.3 Å². The van der Waals surface area contributed by atoms with Crippen LogP contribution in [-0.2, 0) is 4.74 Å². The number of nitrogens with zero attached hydrogens (tertiary/aromatic N) is 1. The lowest BCUT2D eigenvalue weighted by atomic mass is 9.86. The van der Waals surface area contributed by atoms with Crippen molar-refractivity contribution in [1.82, 2.24) is 4.90 Å². The van der Waals surface area contributed by atoms with E-state index in [4.69, 9.17) is 9.15 Å². The average Bonchev–Trinajstić information content (AvgIpc) is 2.90. The van der Waals surface area contributed by atoms with Gasteiger partial charge in [-0.05, 0) is 25.6 Å². The van der Waals surface area contributed by atoms with Crippen molar-refractivity contribution in [3.63, 3.8) is 0 Å². The normalized spacial score (nSPS) is 18.9.